The first-order valence-electron chi connectivity index (χ1n) is 7.74. The molecule has 0 amide bonds. The summed E-state index contributed by atoms with van der Waals surface area (Å²) in [7, 11) is 3.68. The summed E-state index contributed by atoms with van der Waals surface area (Å²) in [6, 6.07) is 0.441. The van der Waals surface area contributed by atoms with Crippen molar-refractivity contribution in [3.63, 3.8) is 0 Å². The van der Waals surface area contributed by atoms with E-state index < -0.39 is 40.4 Å². The van der Waals surface area contributed by atoms with E-state index in [1.807, 2.05) is 19.0 Å². The third kappa shape index (κ3) is 3.50. The topological polar surface area (TPSA) is 62.3 Å². The first-order chi connectivity index (χ1) is 12.7. The highest BCUT2D eigenvalue weighted by atomic mass is 32.1. The number of benzene rings is 1. The summed E-state index contributed by atoms with van der Waals surface area (Å²) >= 11 is 0.611. The Morgan fingerprint density at radius 3 is 2.48 bits per heavy atom. The second-order valence-electron chi connectivity index (χ2n) is 6.03. The Morgan fingerprint density at radius 1 is 1.11 bits per heavy atom. The zero-order chi connectivity index (χ0) is 19.9. The van der Waals surface area contributed by atoms with E-state index in [9.17, 15) is 27.2 Å². The number of ketones is 2. The zero-order valence-electron chi connectivity index (χ0n) is 14.2. The molecule has 3 rings (SSSR count). The smallest absolute Gasteiger partial charge is 0.228 e. The summed E-state index contributed by atoms with van der Waals surface area (Å²) in [5.74, 6) is -8.30. The largest absolute Gasteiger partial charge is 0.380 e. The molecular formula is C17H13F4N3O2S. The molecule has 0 spiro atoms. The summed E-state index contributed by atoms with van der Waals surface area (Å²) in [6.07, 6.45) is 1.10. The summed E-state index contributed by atoms with van der Waals surface area (Å²) < 4.78 is 54.0. The van der Waals surface area contributed by atoms with Gasteiger partial charge < -0.3 is 10.2 Å². The van der Waals surface area contributed by atoms with E-state index >= 15 is 0 Å². The molecule has 0 aliphatic heterocycles. The summed E-state index contributed by atoms with van der Waals surface area (Å²) in [4.78, 5) is 30.4. The van der Waals surface area contributed by atoms with Gasteiger partial charge in [0.15, 0.2) is 29.1 Å². The molecule has 0 saturated carbocycles. The van der Waals surface area contributed by atoms with Crippen LogP contribution in [0.2, 0.25) is 0 Å². The summed E-state index contributed by atoms with van der Waals surface area (Å²) in [5, 5.41) is 2.54. The minimum atomic E-state index is -1.99. The SMILES string of the molecule is CN(C)CCNC1=CC(=O)c2sc(-c3cc(F)c(F)c(F)c3F)nc2C1=O. The van der Waals surface area contributed by atoms with Crippen LogP contribution in [0.15, 0.2) is 17.8 Å². The molecule has 10 heteroatoms. The molecular weight excluding hydrogens is 386 g/mol. The first kappa shape index (κ1) is 19.2. The molecule has 0 saturated heterocycles. The Labute approximate surface area is 155 Å². The maximum absolute atomic E-state index is 14.0. The molecule has 1 N–H and O–H groups in total. The highest BCUT2D eigenvalue weighted by molar-refractivity contribution is 7.17. The first-order valence-corrected chi connectivity index (χ1v) is 8.56. The van der Waals surface area contributed by atoms with E-state index in [2.05, 4.69) is 10.3 Å². The van der Waals surface area contributed by atoms with Gasteiger partial charge in [-0.15, -0.1) is 11.3 Å². The van der Waals surface area contributed by atoms with E-state index in [1.54, 1.807) is 0 Å². The van der Waals surface area contributed by atoms with E-state index in [-0.39, 0.29) is 21.3 Å². The van der Waals surface area contributed by atoms with Gasteiger partial charge in [0.1, 0.15) is 15.6 Å². The van der Waals surface area contributed by atoms with Gasteiger partial charge in [-0.1, -0.05) is 0 Å². The van der Waals surface area contributed by atoms with Crippen LogP contribution in [-0.2, 0) is 0 Å². The quantitative estimate of drug-likeness (QED) is 0.476. The molecule has 0 unspecified atom stereocenters. The molecule has 1 aromatic carbocycles. The van der Waals surface area contributed by atoms with Gasteiger partial charge in [-0.05, 0) is 20.2 Å². The Kier molecular flexibility index (Phi) is 5.11. The predicted molar refractivity (Wildman–Crippen MR) is 90.7 cm³/mol. The molecule has 0 fully saturated rings. The van der Waals surface area contributed by atoms with Crippen LogP contribution in [0.4, 0.5) is 17.6 Å². The van der Waals surface area contributed by atoms with E-state index in [0.717, 1.165) is 6.08 Å². The molecule has 0 atom stereocenters. The average molecular weight is 399 g/mol. The standard InChI is InChI=1S/C17H13F4N3O2S/c1-24(2)4-3-22-9-6-10(25)16-14(15(9)26)23-17(27-16)7-5-8(18)12(20)13(21)11(7)19/h5-6,22H,3-4H2,1-2H3. The van der Waals surface area contributed by atoms with Crippen LogP contribution in [-0.4, -0.2) is 48.6 Å². The van der Waals surface area contributed by atoms with Crippen LogP contribution in [0, 0.1) is 23.3 Å². The van der Waals surface area contributed by atoms with Crippen LogP contribution in [0.3, 0.4) is 0 Å². The molecule has 142 valence electrons. The second kappa shape index (κ2) is 7.20. The van der Waals surface area contributed by atoms with E-state index in [4.69, 9.17) is 0 Å². The van der Waals surface area contributed by atoms with Crippen LogP contribution in [0.25, 0.3) is 10.6 Å². The van der Waals surface area contributed by atoms with Gasteiger partial charge in [0.25, 0.3) is 0 Å². The van der Waals surface area contributed by atoms with Crippen LogP contribution in [0.1, 0.15) is 20.2 Å². The number of hydrogen-bond acceptors (Lipinski definition) is 6. The van der Waals surface area contributed by atoms with Crippen molar-refractivity contribution in [3.05, 3.63) is 51.7 Å². The predicted octanol–water partition coefficient (Wildman–Crippen LogP) is 2.78. The third-order valence-electron chi connectivity index (χ3n) is 3.79. The number of nitrogens with one attached hydrogen (secondary N) is 1. The van der Waals surface area contributed by atoms with Crippen LogP contribution >= 0.6 is 11.3 Å². The molecule has 5 nitrogen and oxygen atoms in total. The van der Waals surface area contributed by atoms with Crippen molar-refractivity contribution in [1.82, 2.24) is 15.2 Å². The number of aromatic nitrogens is 1. The molecule has 1 aliphatic carbocycles. The number of hydrogen-bond donors (Lipinski definition) is 1. The number of likely N-dealkylation sites (N-methyl/N-ethyl adjacent to an activating group) is 1. The fourth-order valence-electron chi connectivity index (χ4n) is 2.42. The van der Waals surface area contributed by atoms with Gasteiger partial charge in [0.05, 0.1) is 11.3 Å². The minimum absolute atomic E-state index is 0.0307. The molecule has 2 aromatic rings. The van der Waals surface area contributed by atoms with Gasteiger partial charge in [-0.3, -0.25) is 9.59 Å². The van der Waals surface area contributed by atoms with Gasteiger partial charge in [0.2, 0.25) is 5.78 Å². The molecule has 0 bridgehead atoms. The Balaban J connectivity index is 1.96. The van der Waals surface area contributed by atoms with Crippen molar-refractivity contribution < 1.29 is 27.2 Å². The number of halogens is 4. The number of Topliss-reactive ketones (excluding diaryl/α,β-unsaturated/α-hetero) is 1. The van der Waals surface area contributed by atoms with Crippen LogP contribution < -0.4 is 5.32 Å². The van der Waals surface area contributed by atoms with Gasteiger partial charge >= 0.3 is 0 Å². The number of carbonyl (C=O) groups is 2. The van der Waals surface area contributed by atoms with Gasteiger partial charge in [-0.2, -0.15) is 0 Å². The number of nitrogens with zero attached hydrogens (tertiary/aromatic N) is 2. The van der Waals surface area contributed by atoms with Crippen LogP contribution in [0.5, 0.6) is 0 Å². The van der Waals surface area contributed by atoms with Crippen molar-refractivity contribution in [2.75, 3.05) is 27.2 Å². The fraction of sp³-hybridized carbons (Fsp3) is 0.235. The Hall–Kier alpha value is -2.59. The van der Waals surface area contributed by atoms with Gasteiger partial charge in [-0.25, -0.2) is 22.5 Å². The fourth-order valence-corrected chi connectivity index (χ4v) is 3.40. The lowest BCUT2D eigenvalue weighted by atomic mass is 10.0. The minimum Gasteiger partial charge on any atom is -0.380 e. The Bertz CT molecular complexity index is 985. The lowest BCUT2D eigenvalue weighted by Gasteiger charge is -2.15. The number of fused-ring (bicyclic) bond motifs is 1. The lowest BCUT2D eigenvalue weighted by molar-refractivity contribution is 0.0977. The summed E-state index contributed by atoms with van der Waals surface area (Å²) in [6.45, 7) is 1.00. The maximum atomic E-state index is 14.0. The second-order valence-corrected chi connectivity index (χ2v) is 7.03. The van der Waals surface area contributed by atoms with Gasteiger partial charge in [0, 0.05) is 19.2 Å². The lowest BCUT2D eigenvalue weighted by Crippen LogP contribution is -2.31. The van der Waals surface area contributed by atoms with Crippen molar-refractivity contribution in [2.24, 2.45) is 0 Å². The highest BCUT2D eigenvalue weighted by Crippen LogP contribution is 2.35. The van der Waals surface area contributed by atoms with E-state index in [0.29, 0.717) is 30.5 Å². The summed E-state index contributed by atoms with van der Waals surface area (Å²) in [5.41, 5.74) is -0.865. The maximum Gasteiger partial charge on any atom is 0.228 e. The van der Waals surface area contributed by atoms with Crippen molar-refractivity contribution >= 4 is 22.9 Å². The number of carbonyl (C=O) groups excluding carboxylic acids is 2. The Morgan fingerprint density at radius 2 is 1.81 bits per heavy atom. The zero-order valence-corrected chi connectivity index (χ0v) is 15.0. The highest BCUT2D eigenvalue weighted by Gasteiger charge is 2.32. The molecule has 1 heterocycles. The molecule has 1 aromatic heterocycles. The molecule has 0 radical (unpaired) electrons. The van der Waals surface area contributed by atoms with E-state index in [1.165, 1.54) is 0 Å². The average Bonchev–Trinajstić information content (AvgIpc) is 3.06. The van der Waals surface area contributed by atoms with Crippen molar-refractivity contribution in [2.45, 2.75) is 0 Å². The normalized spacial score (nSPS) is 13.8. The number of thiazole rings is 1. The molecule has 1 aliphatic rings. The van der Waals surface area contributed by atoms with Crippen molar-refractivity contribution in [1.29, 1.82) is 0 Å². The monoisotopic (exact) mass is 399 g/mol. The third-order valence-corrected chi connectivity index (χ3v) is 4.90. The van der Waals surface area contributed by atoms with Crippen molar-refractivity contribution in [3.8, 4) is 10.6 Å². The molecule has 27 heavy (non-hydrogen) atoms. The number of allylic oxidation sites excluding steroid dienone is 2. The number of rotatable bonds is 5.